The molecule has 0 aromatic heterocycles. The average molecular weight is 311 g/mol. The Balaban J connectivity index is 2.10. The number of oxime groups is 1. The maximum atomic E-state index is 11.5. The van der Waals surface area contributed by atoms with Gasteiger partial charge in [-0.3, -0.25) is 4.90 Å². The van der Waals surface area contributed by atoms with Crippen LogP contribution in [0.3, 0.4) is 0 Å². The minimum absolute atomic E-state index is 0.0816. The Labute approximate surface area is 125 Å². The van der Waals surface area contributed by atoms with Crippen molar-refractivity contribution in [3.8, 4) is 0 Å². The first-order valence-electron chi connectivity index (χ1n) is 6.80. The highest BCUT2D eigenvalue weighted by atomic mass is 32.2. The lowest BCUT2D eigenvalue weighted by Gasteiger charge is -2.24. The van der Waals surface area contributed by atoms with E-state index in [9.17, 15) is 8.42 Å². The van der Waals surface area contributed by atoms with E-state index in [-0.39, 0.29) is 23.4 Å². The molecule has 1 fully saturated rings. The van der Waals surface area contributed by atoms with E-state index in [0.717, 1.165) is 11.1 Å². The zero-order chi connectivity index (χ0) is 15.6. The first-order valence-corrected chi connectivity index (χ1v) is 8.62. The fourth-order valence-corrected chi connectivity index (χ4v) is 4.42. The summed E-state index contributed by atoms with van der Waals surface area (Å²) in [4.78, 5) is 2.08. The van der Waals surface area contributed by atoms with E-state index in [1.807, 2.05) is 26.1 Å². The molecule has 1 aliphatic rings. The van der Waals surface area contributed by atoms with Gasteiger partial charge in [0.1, 0.15) is 0 Å². The zero-order valence-corrected chi connectivity index (χ0v) is 13.1. The molecule has 116 valence electrons. The Morgan fingerprint density at radius 1 is 1.52 bits per heavy atom. The van der Waals surface area contributed by atoms with Crippen molar-refractivity contribution in [1.82, 2.24) is 4.90 Å². The van der Waals surface area contributed by atoms with E-state index in [0.29, 0.717) is 18.5 Å². The van der Waals surface area contributed by atoms with Crippen molar-refractivity contribution in [2.24, 2.45) is 10.9 Å². The van der Waals surface area contributed by atoms with E-state index in [4.69, 9.17) is 10.9 Å². The molecule has 0 radical (unpaired) electrons. The summed E-state index contributed by atoms with van der Waals surface area (Å²) in [5.74, 6) is 0.605. The summed E-state index contributed by atoms with van der Waals surface area (Å²) in [6.45, 7) is 2.64. The van der Waals surface area contributed by atoms with Crippen LogP contribution in [0.4, 0.5) is 0 Å². The molecule has 1 aromatic rings. The minimum atomic E-state index is -2.87. The molecule has 6 nitrogen and oxygen atoms in total. The van der Waals surface area contributed by atoms with Gasteiger partial charge < -0.3 is 10.9 Å². The summed E-state index contributed by atoms with van der Waals surface area (Å²) in [5, 5.41) is 11.7. The van der Waals surface area contributed by atoms with Gasteiger partial charge in [-0.2, -0.15) is 0 Å². The molecular formula is C14H21N3O3S. The lowest BCUT2D eigenvalue weighted by Crippen LogP contribution is -2.32. The van der Waals surface area contributed by atoms with Crippen LogP contribution in [0.15, 0.2) is 23.4 Å². The third-order valence-corrected chi connectivity index (χ3v) is 5.75. The largest absolute Gasteiger partial charge is 0.409 e. The van der Waals surface area contributed by atoms with Crippen molar-refractivity contribution in [3.63, 3.8) is 0 Å². The minimum Gasteiger partial charge on any atom is -0.409 e. The lowest BCUT2D eigenvalue weighted by molar-refractivity contribution is 0.253. The molecule has 1 atom stereocenters. The summed E-state index contributed by atoms with van der Waals surface area (Å²) >= 11 is 0. The molecule has 0 amide bonds. The van der Waals surface area contributed by atoms with Gasteiger partial charge in [0.25, 0.3) is 0 Å². The fraction of sp³-hybridized carbons (Fsp3) is 0.500. The highest BCUT2D eigenvalue weighted by Crippen LogP contribution is 2.20. The van der Waals surface area contributed by atoms with Crippen molar-refractivity contribution in [2.45, 2.75) is 25.9 Å². The quantitative estimate of drug-likeness (QED) is 0.369. The zero-order valence-electron chi connectivity index (χ0n) is 12.3. The van der Waals surface area contributed by atoms with Gasteiger partial charge in [0.05, 0.1) is 11.5 Å². The summed E-state index contributed by atoms with van der Waals surface area (Å²) < 4.78 is 23.1. The SMILES string of the molecule is Cc1cc(/C(N)=N/O)ccc1CN(C)C1CCS(=O)(=O)C1. The predicted molar refractivity (Wildman–Crippen MR) is 82.2 cm³/mol. The summed E-state index contributed by atoms with van der Waals surface area (Å²) in [6, 6.07) is 5.68. The lowest BCUT2D eigenvalue weighted by atomic mass is 10.0. The van der Waals surface area contributed by atoms with Crippen LogP contribution < -0.4 is 5.73 Å². The van der Waals surface area contributed by atoms with Gasteiger partial charge >= 0.3 is 0 Å². The van der Waals surface area contributed by atoms with Crippen LogP contribution >= 0.6 is 0 Å². The monoisotopic (exact) mass is 311 g/mol. The van der Waals surface area contributed by atoms with Crippen molar-refractivity contribution < 1.29 is 13.6 Å². The number of nitrogens with zero attached hydrogens (tertiary/aromatic N) is 2. The smallest absolute Gasteiger partial charge is 0.170 e. The van der Waals surface area contributed by atoms with E-state index >= 15 is 0 Å². The molecule has 1 heterocycles. The van der Waals surface area contributed by atoms with Crippen LogP contribution in [0.5, 0.6) is 0 Å². The van der Waals surface area contributed by atoms with Gasteiger partial charge in [0.15, 0.2) is 15.7 Å². The number of rotatable bonds is 4. The van der Waals surface area contributed by atoms with Crippen LogP contribution in [-0.4, -0.2) is 49.0 Å². The number of benzene rings is 1. The van der Waals surface area contributed by atoms with Crippen LogP contribution in [0.2, 0.25) is 0 Å². The van der Waals surface area contributed by atoms with Gasteiger partial charge in [-0.15, -0.1) is 0 Å². The molecule has 7 heteroatoms. The van der Waals surface area contributed by atoms with Crippen LogP contribution in [0, 0.1) is 6.92 Å². The summed E-state index contributed by atoms with van der Waals surface area (Å²) in [6.07, 6.45) is 0.695. The Kier molecular flexibility index (Phi) is 4.53. The molecule has 0 saturated carbocycles. The highest BCUT2D eigenvalue weighted by Gasteiger charge is 2.30. The van der Waals surface area contributed by atoms with Gasteiger partial charge in [-0.05, 0) is 37.6 Å². The van der Waals surface area contributed by atoms with Crippen LogP contribution in [0.25, 0.3) is 0 Å². The standard InChI is InChI=1S/C14H21N3O3S/c1-10-7-11(14(15)16-18)3-4-12(10)8-17(2)13-5-6-21(19,20)9-13/h3-4,7,13,18H,5-6,8-9H2,1-2H3,(H2,15,16). The van der Waals surface area contributed by atoms with Gasteiger partial charge in [-0.25, -0.2) is 8.42 Å². The Hall–Kier alpha value is -1.60. The topological polar surface area (TPSA) is 96.0 Å². The second kappa shape index (κ2) is 6.03. The normalized spacial score (nSPS) is 21.9. The van der Waals surface area contributed by atoms with E-state index in [1.54, 1.807) is 6.07 Å². The number of amidine groups is 1. The molecule has 1 aromatic carbocycles. The first kappa shape index (κ1) is 15.8. The number of aryl methyl sites for hydroxylation is 1. The van der Waals surface area contributed by atoms with E-state index < -0.39 is 9.84 Å². The Morgan fingerprint density at radius 2 is 2.24 bits per heavy atom. The predicted octanol–water partition coefficient (Wildman–Crippen LogP) is 0.708. The number of nitrogens with two attached hydrogens (primary N) is 1. The summed E-state index contributed by atoms with van der Waals surface area (Å²) in [7, 11) is -0.919. The fourth-order valence-electron chi connectivity index (χ4n) is 2.61. The van der Waals surface area contributed by atoms with Crippen LogP contribution in [0.1, 0.15) is 23.1 Å². The molecule has 0 aliphatic carbocycles. The molecule has 1 aliphatic heterocycles. The highest BCUT2D eigenvalue weighted by molar-refractivity contribution is 7.91. The third kappa shape index (κ3) is 3.74. The van der Waals surface area contributed by atoms with Crippen molar-refractivity contribution in [2.75, 3.05) is 18.6 Å². The molecule has 0 spiro atoms. The van der Waals surface area contributed by atoms with Crippen molar-refractivity contribution in [1.29, 1.82) is 0 Å². The van der Waals surface area contributed by atoms with Crippen molar-refractivity contribution in [3.05, 3.63) is 34.9 Å². The maximum absolute atomic E-state index is 11.5. The first-order chi connectivity index (χ1) is 9.82. The number of hydrogen-bond acceptors (Lipinski definition) is 5. The number of sulfone groups is 1. The Morgan fingerprint density at radius 3 is 2.76 bits per heavy atom. The van der Waals surface area contributed by atoms with Gasteiger partial charge in [0.2, 0.25) is 0 Å². The van der Waals surface area contributed by atoms with Crippen molar-refractivity contribution >= 4 is 15.7 Å². The van der Waals surface area contributed by atoms with Gasteiger partial charge in [0, 0.05) is 18.2 Å². The average Bonchev–Trinajstić information content (AvgIpc) is 2.80. The molecular weight excluding hydrogens is 290 g/mol. The van der Waals surface area contributed by atoms with E-state index in [1.165, 1.54) is 0 Å². The second-order valence-corrected chi connectivity index (χ2v) is 7.83. The van der Waals surface area contributed by atoms with Gasteiger partial charge in [-0.1, -0.05) is 17.3 Å². The third-order valence-electron chi connectivity index (χ3n) is 4.00. The molecule has 21 heavy (non-hydrogen) atoms. The molecule has 2 rings (SSSR count). The van der Waals surface area contributed by atoms with Crippen LogP contribution in [-0.2, 0) is 16.4 Å². The second-order valence-electron chi connectivity index (χ2n) is 5.60. The molecule has 1 saturated heterocycles. The summed E-state index contributed by atoms with van der Waals surface area (Å²) in [5.41, 5.74) is 8.38. The Bertz CT molecular complexity index is 655. The molecule has 0 bridgehead atoms. The molecule has 3 N–H and O–H groups in total. The maximum Gasteiger partial charge on any atom is 0.170 e. The molecule has 1 unspecified atom stereocenters. The number of hydrogen-bond donors (Lipinski definition) is 2. The van der Waals surface area contributed by atoms with E-state index in [2.05, 4.69) is 10.1 Å².